The van der Waals surface area contributed by atoms with Gasteiger partial charge in [0.1, 0.15) is 11.6 Å². The van der Waals surface area contributed by atoms with Crippen molar-refractivity contribution in [3.63, 3.8) is 0 Å². The van der Waals surface area contributed by atoms with E-state index in [1.165, 1.54) is 5.56 Å². The summed E-state index contributed by atoms with van der Waals surface area (Å²) in [6, 6.07) is 1.97. The molecule has 2 rings (SSSR count). The third-order valence-electron chi connectivity index (χ3n) is 2.90. The number of nitrogens with zero attached hydrogens (tertiary/aromatic N) is 1. The van der Waals surface area contributed by atoms with Crippen molar-refractivity contribution >= 4 is 0 Å². The van der Waals surface area contributed by atoms with E-state index in [0.717, 1.165) is 36.9 Å². The quantitative estimate of drug-likeness (QED) is 0.669. The van der Waals surface area contributed by atoms with Gasteiger partial charge < -0.3 is 4.98 Å². The van der Waals surface area contributed by atoms with Gasteiger partial charge in [0.25, 0.3) is 5.56 Å². The fraction of sp³-hybridized carbons (Fsp3) is 0.455. The molecule has 0 saturated heterocycles. The maximum atomic E-state index is 11.5. The van der Waals surface area contributed by atoms with Gasteiger partial charge in [-0.05, 0) is 43.7 Å². The van der Waals surface area contributed by atoms with E-state index in [0.29, 0.717) is 0 Å². The van der Waals surface area contributed by atoms with E-state index in [1.54, 1.807) is 0 Å². The first-order chi connectivity index (χ1) is 6.74. The van der Waals surface area contributed by atoms with E-state index in [-0.39, 0.29) is 11.1 Å². The predicted octanol–water partition coefficient (Wildman–Crippen LogP) is 1.43. The Kier molecular flexibility index (Phi) is 2.12. The minimum atomic E-state index is -0.231. The number of nitriles is 1. The Morgan fingerprint density at radius 3 is 2.79 bits per heavy atom. The van der Waals surface area contributed by atoms with Crippen LogP contribution in [0.15, 0.2) is 4.79 Å². The zero-order valence-electron chi connectivity index (χ0n) is 8.18. The lowest BCUT2D eigenvalue weighted by Gasteiger charge is -2.17. The first kappa shape index (κ1) is 9.01. The summed E-state index contributed by atoms with van der Waals surface area (Å²) in [5.74, 6) is 0. The normalized spacial score (nSPS) is 14.6. The molecule has 0 fully saturated rings. The molecule has 0 aliphatic heterocycles. The van der Waals surface area contributed by atoms with E-state index in [4.69, 9.17) is 5.26 Å². The Labute approximate surface area is 82.4 Å². The Morgan fingerprint density at radius 2 is 2.07 bits per heavy atom. The largest absolute Gasteiger partial charge is 0.325 e. The molecule has 0 aromatic carbocycles. The molecule has 1 heterocycles. The van der Waals surface area contributed by atoms with Gasteiger partial charge in [-0.2, -0.15) is 5.26 Å². The van der Waals surface area contributed by atoms with Crippen LogP contribution in [0.2, 0.25) is 0 Å². The van der Waals surface area contributed by atoms with Gasteiger partial charge in [-0.1, -0.05) is 0 Å². The number of H-pyrrole nitrogens is 1. The maximum Gasteiger partial charge on any atom is 0.266 e. The third kappa shape index (κ3) is 1.24. The number of fused-ring (bicyclic) bond motifs is 1. The number of hydrogen-bond acceptors (Lipinski definition) is 2. The highest BCUT2D eigenvalue weighted by molar-refractivity contribution is 5.43. The number of rotatable bonds is 0. The smallest absolute Gasteiger partial charge is 0.266 e. The van der Waals surface area contributed by atoms with Crippen molar-refractivity contribution in [2.24, 2.45) is 0 Å². The standard InChI is InChI=1S/C11H12N2O/c1-7-8-4-2-3-5-10(8)13-11(14)9(7)6-12/h2-5H2,1H3,(H,13,14). The van der Waals surface area contributed by atoms with Gasteiger partial charge in [0.05, 0.1) is 0 Å². The number of aryl methyl sites for hydroxylation is 1. The molecule has 72 valence electrons. The topological polar surface area (TPSA) is 56.6 Å². The van der Waals surface area contributed by atoms with Crippen LogP contribution in [0.1, 0.15) is 35.2 Å². The second-order valence-corrected chi connectivity index (χ2v) is 3.73. The first-order valence-electron chi connectivity index (χ1n) is 4.88. The van der Waals surface area contributed by atoms with Crippen LogP contribution in [0.5, 0.6) is 0 Å². The summed E-state index contributed by atoms with van der Waals surface area (Å²) in [4.78, 5) is 14.3. The SMILES string of the molecule is Cc1c2c([nH]c(=O)c1C#N)CCCC2. The van der Waals surface area contributed by atoms with Crippen LogP contribution in [-0.4, -0.2) is 4.98 Å². The van der Waals surface area contributed by atoms with Crippen molar-refractivity contribution in [1.29, 1.82) is 5.26 Å². The summed E-state index contributed by atoms with van der Waals surface area (Å²) in [7, 11) is 0. The van der Waals surface area contributed by atoms with Gasteiger partial charge in [0, 0.05) is 5.69 Å². The number of pyridine rings is 1. The Morgan fingerprint density at radius 1 is 1.36 bits per heavy atom. The lowest BCUT2D eigenvalue weighted by atomic mass is 9.91. The number of nitrogens with one attached hydrogen (secondary N) is 1. The summed E-state index contributed by atoms with van der Waals surface area (Å²) in [6.45, 7) is 1.87. The highest BCUT2D eigenvalue weighted by Gasteiger charge is 2.16. The van der Waals surface area contributed by atoms with Crippen LogP contribution < -0.4 is 5.56 Å². The monoisotopic (exact) mass is 188 g/mol. The van der Waals surface area contributed by atoms with Crippen molar-refractivity contribution in [3.8, 4) is 6.07 Å². The average Bonchev–Trinajstić information content (AvgIpc) is 2.18. The molecule has 0 bridgehead atoms. The van der Waals surface area contributed by atoms with Crippen molar-refractivity contribution in [2.75, 3.05) is 0 Å². The molecule has 14 heavy (non-hydrogen) atoms. The molecule has 1 N–H and O–H groups in total. The summed E-state index contributed by atoms with van der Waals surface area (Å²) in [5.41, 5.74) is 3.16. The Hall–Kier alpha value is -1.56. The first-order valence-corrected chi connectivity index (χ1v) is 4.88. The zero-order chi connectivity index (χ0) is 10.1. The van der Waals surface area contributed by atoms with Crippen LogP contribution in [0, 0.1) is 18.3 Å². The molecule has 1 aromatic heterocycles. The number of aromatic amines is 1. The summed E-state index contributed by atoms with van der Waals surface area (Å²) in [6.07, 6.45) is 4.22. The molecule has 3 nitrogen and oxygen atoms in total. The fourth-order valence-corrected chi connectivity index (χ4v) is 2.11. The van der Waals surface area contributed by atoms with Crippen LogP contribution in [0.4, 0.5) is 0 Å². The van der Waals surface area contributed by atoms with Gasteiger partial charge in [-0.25, -0.2) is 0 Å². The molecule has 0 amide bonds. The number of aromatic nitrogens is 1. The van der Waals surface area contributed by atoms with E-state index in [9.17, 15) is 4.79 Å². The van der Waals surface area contributed by atoms with Gasteiger partial charge in [-0.3, -0.25) is 4.79 Å². The number of hydrogen-bond donors (Lipinski definition) is 1. The Bertz CT molecular complexity index is 465. The molecule has 1 aliphatic carbocycles. The molecule has 0 radical (unpaired) electrons. The third-order valence-corrected chi connectivity index (χ3v) is 2.90. The molecule has 3 heteroatoms. The minimum absolute atomic E-state index is 0.231. The van der Waals surface area contributed by atoms with Crippen LogP contribution >= 0.6 is 0 Å². The molecule has 0 unspecified atom stereocenters. The molecule has 0 spiro atoms. The second kappa shape index (κ2) is 3.30. The second-order valence-electron chi connectivity index (χ2n) is 3.73. The van der Waals surface area contributed by atoms with Gasteiger partial charge in [0.2, 0.25) is 0 Å². The van der Waals surface area contributed by atoms with Crippen LogP contribution in [0.3, 0.4) is 0 Å². The van der Waals surface area contributed by atoms with Crippen molar-refractivity contribution in [2.45, 2.75) is 32.6 Å². The highest BCUT2D eigenvalue weighted by Crippen LogP contribution is 2.22. The van der Waals surface area contributed by atoms with Crippen molar-refractivity contribution < 1.29 is 0 Å². The molecule has 0 atom stereocenters. The van der Waals surface area contributed by atoms with E-state index in [2.05, 4.69) is 4.98 Å². The molecule has 0 saturated carbocycles. The lowest BCUT2D eigenvalue weighted by molar-refractivity contribution is 0.660. The van der Waals surface area contributed by atoms with E-state index >= 15 is 0 Å². The lowest BCUT2D eigenvalue weighted by Crippen LogP contribution is -2.20. The minimum Gasteiger partial charge on any atom is -0.325 e. The molecular weight excluding hydrogens is 176 g/mol. The van der Waals surface area contributed by atoms with Crippen LogP contribution in [-0.2, 0) is 12.8 Å². The summed E-state index contributed by atoms with van der Waals surface area (Å²) >= 11 is 0. The van der Waals surface area contributed by atoms with Gasteiger partial charge >= 0.3 is 0 Å². The van der Waals surface area contributed by atoms with Crippen LogP contribution in [0.25, 0.3) is 0 Å². The maximum absolute atomic E-state index is 11.5. The fourth-order valence-electron chi connectivity index (χ4n) is 2.11. The van der Waals surface area contributed by atoms with Crippen molar-refractivity contribution in [1.82, 2.24) is 4.98 Å². The van der Waals surface area contributed by atoms with Gasteiger partial charge in [0.15, 0.2) is 0 Å². The predicted molar refractivity (Wildman–Crippen MR) is 53.2 cm³/mol. The van der Waals surface area contributed by atoms with Crippen molar-refractivity contribution in [3.05, 3.63) is 32.7 Å². The van der Waals surface area contributed by atoms with Gasteiger partial charge in [-0.15, -0.1) is 0 Å². The highest BCUT2D eigenvalue weighted by atomic mass is 16.1. The van der Waals surface area contributed by atoms with E-state index in [1.807, 2.05) is 13.0 Å². The molecule has 1 aliphatic rings. The zero-order valence-corrected chi connectivity index (χ0v) is 8.18. The summed E-state index contributed by atoms with van der Waals surface area (Å²) in [5, 5.41) is 8.83. The average molecular weight is 188 g/mol. The Balaban J connectivity index is 2.71. The van der Waals surface area contributed by atoms with E-state index < -0.39 is 0 Å². The molecule has 1 aromatic rings. The molecular formula is C11H12N2O. The summed E-state index contributed by atoms with van der Waals surface area (Å²) < 4.78 is 0.